The summed E-state index contributed by atoms with van der Waals surface area (Å²) in [6.45, 7) is 5.46. The normalized spacial score (nSPS) is 10.1. The van der Waals surface area contributed by atoms with Crippen LogP contribution in [0.25, 0.3) is 0 Å². The molecule has 0 fully saturated rings. The van der Waals surface area contributed by atoms with E-state index < -0.39 is 0 Å². The number of aliphatic hydroxyl groups is 1. The highest BCUT2D eigenvalue weighted by Gasteiger charge is 2.15. The van der Waals surface area contributed by atoms with Crippen LogP contribution < -0.4 is 0 Å². The van der Waals surface area contributed by atoms with E-state index in [1.807, 2.05) is 61.2 Å². The fourth-order valence-corrected chi connectivity index (χ4v) is 2.98. The maximum atomic E-state index is 12.7. The van der Waals surface area contributed by atoms with E-state index in [1.54, 1.807) is 6.07 Å². The van der Waals surface area contributed by atoms with E-state index in [4.69, 9.17) is 28.3 Å². The summed E-state index contributed by atoms with van der Waals surface area (Å²) >= 11 is 12.0. The molecule has 1 N–H and O–H groups in total. The van der Waals surface area contributed by atoms with Crippen molar-refractivity contribution in [1.29, 1.82) is 0 Å². The second-order valence-corrected chi connectivity index (χ2v) is 6.76. The van der Waals surface area contributed by atoms with Crippen molar-refractivity contribution in [3.05, 3.63) is 69.7 Å². The van der Waals surface area contributed by atoms with Crippen LogP contribution in [-0.2, 0) is 6.42 Å². The number of benzene rings is 2. The third-order valence-corrected chi connectivity index (χ3v) is 4.76. The van der Waals surface area contributed by atoms with Gasteiger partial charge in [-0.3, -0.25) is 4.79 Å². The zero-order chi connectivity index (χ0) is 20.1. The Morgan fingerprint density at radius 1 is 0.926 bits per heavy atom. The molecule has 0 aliphatic heterocycles. The summed E-state index contributed by atoms with van der Waals surface area (Å²) < 4.78 is 0. The van der Waals surface area contributed by atoms with Gasteiger partial charge in [-0.05, 0) is 55.5 Å². The first-order chi connectivity index (χ1) is 13.1. The van der Waals surface area contributed by atoms with Crippen LogP contribution in [0.15, 0.2) is 48.5 Å². The average Bonchev–Trinajstić information content (AvgIpc) is 2.71. The van der Waals surface area contributed by atoms with Crippen molar-refractivity contribution in [1.82, 2.24) is 4.90 Å². The van der Waals surface area contributed by atoms with Gasteiger partial charge in [0.15, 0.2) is 0 Å². The molecule has 0 saturated carbocycles. The highest BCUT2D eigenvalue weighted by molar-refractivity contribution is 6.42. The summed E-state index contributed by atoms with van der Waals surface area (Å²) in [4.78, 5) is 14.6. The first-order valence-corrected chi connectivity index (χ1v) is 10.3. The average molecular weight is 410 g/mol. The largest absolute Gasteiger partial charge is 0.396 e. The molecule has 148 valence electrons. The quantitative estimate of drug-likeness (QED) is 0.526. The Morgan fingerprint density at radius 2 is 1.59 bits per heavy atom. The second kappa shape index (κ2) is 13.6. The van der Waals surface area contributed by atoms with E-state index in [0.717, 1.165) is 24.8 Å². The van der Waals surface area contributed by atoms with E-state index in [9.17, 15) is 4.79 Å². The Balaban J connectivity index is 0.00000176. The van der Waals surface area contributed by atoms with Crippen molar-refractivity contribution in [3.63, 3.8) is 0 Å². The molecule has 0 spiro atoms. The SMILES string of the molecule is CC.O=C(c1ccccc1)N(CCCCO)CCCc1ccc(Cl)c(Cl)c1. The smallest absolute Gasteiger partial charge is 0.253 e. The molecular weight excluding hydrogens is 381 g/mol. The van der Waals surface area contributed by atoms with Gasteiger partial charge in [0.05, 0.1) is 10.0 Å². The Kier molecular flexibility index (Phi) is 11.8. The number of amides is 1. The van der Waals surface area contributed by atoms with Gasteiger partial charge in [-0.15, -0.1) is 0 Å². The van der Waals surface area contributed by atoms with Crippen LogP contribution in [0.3, 0.4) is 0 Å². The first-order valence-electron chi connectivity index (χ1n) is 9.51. The van der Waals surface area contributed by atoms with Crippen molar-refractivity contribution in [2.24, 2.45) is 0 Å². The van der Waals surface area contributed by atoms with Crippen molar-refractivity contribution in [2.45, 2.75) is 39.5 Å². The molecule has 2 aromatic carbocycles. The van der Waals surface area contributed by atoms with Gasteiger partial charge in [-0.2, -0.15) is 0 Å². The third kappa shape index (κ3) is 8.34. The van der Waals surface area contributed by atoms with Crippen molar-refractivity contribution < 1.29 is 9.90 Å². The fourth-order valence-electron chi connectivity index (χ4n) is 2.66. The number of nitrogens with zero attached hydrogens (tertiary/aromatic N) is 1. The van der Waals surface area contributed by atoms with Crippen LogP contribution in [0.2, 0.25) is 10.0 Å². The summed E-state index contributed by atoms with van der Waals surface area (Å²) in [7, 11) is 0. The fraction of sp³-hybridized carbons (Fsp3) is 0.409. The second-order valence-electron chi connectivity index (χ2n) is 5.94. The molecule has 0 heterocycles. The number of aryl methyl sites for hydroxylation is 1. The summed E-state index contributed by atoms with van der Waals surface area (Å²) in [5, 5.41) is 10.1. The molecule has 27 heavy (non-hydrogen) atoms. The summed E-state index contributed by atoms with van der Waals surface area (Å²) in [6, 6.07) is 14.9. The van der Waals surface area contributed by atoms with Gasteiger partial charge < -0.3 is 10.0 Å². The lowest BCUT2D eigenvalue weighted by molar-refractivity contribution is 0.0748. The third-order valence-electron chi connectivity index (χ3n) is 4.02. The number of carbonyl (C=O) groups is 1. The number of hydrogen-bond acceptors (Lipinski definition) is 2. The summed E-state index contributed by atoms with van der Waals surface area (Å²) in [6.07, 6.45) is 3.17. The molecule has 2 rings (SSSR count). The number of halogens is 2. The van der Waals surface area contributed by atoms with E-state index in [-0.39, 0.29) is 12.5 Å². The van der Waals surface area contributed by atoms with Crippen LogP contribution in [0, 0.1) is 0 Å². The maximum Gasteiger partial charge on any atom is 0.253 e. The van der Waals surface area contributed by atoms with E-state index in [2.05, 4.69) is 0 Å². The number of aliphatic hydroxyl groups excluding tert-OH is 1. The molecule has 5 heteroatoms. The van der Waals surface area contributed by atoms with Crippen molar-refractivity contribution in [3.8, 4) is 0 Å². The molecule has 2 aromatic rings. The molecule has 0 aliphatic rings. The minimum Gasteiger partial charge on any atom is -0.396 e. The Hall–Kier alpha value is -1.55. The highest BCUT2D eigenvalue weighted by Crippen LogP contribution is 2.23. The summed E-state index contributed by atoms with van der Waals surface area (Å²) in [5.41, 5.74) is 1.80. The zero-order valence-corrected chi connectivity index (χ0v) is 17.6. The summed E-state index contributed by atoms with van der Waals surface area (Å²) in [5.74, 6) is 0.0349. The van der Waals surface area contributed by atoms with Gasteiger partial charge in [0.1, 0.15) is 0 Å². The standard InChI is InChI=1S/C20H23Cl2NO2.C2H6/c21-18-11-10-16(15-19(18)22)7-6-13-23(12-4-5-14-24)20(25)17-8-2-1-3-9-17;1-2/h1-3,8-11,15,24H,4-7,12-14H2;1-2H3. The Labute approximate surface area is 172 Å². The molecule has 0 aromatic heterocycles. The van der Waals surface area contributed by atoms with E-state index in [0.29, 0.717) is 35.1 Å². The van der Waals surface area contributed by atoms with Gasteiger partial charge in [-0.25, -0.2) is 0 Å². The van der Waals surface area contributed by atoms with Gasteiger partial charge in [-0.1, -0.05) is 61.3 Å². The van der Waals surface area contributed by atoms with Crippen LogP contribution in [0.4, 0.5) is 0 Å². The van der Waals surface area contributed by atoms with Crippen molar-refractivity contribution >= 4 is 29.1 Å². The lowest BCUT2D eigenvalue weighted by Crippen LogP contribution is -2.33. The lowest BCUT2D eigenvalue weighted by Gasteiger charge is -2.23. The number of carbonyl (C=O) groups excluding carboxylic acids is 1. The number of hydrogen-bond donors (Lipinski definition) is 1. The molecule has 1 amide bonds. The molecule has 0 saturated heterocycles. The van der Waals surface area contributed by atoms with Crippen molar-refractivity contribution in [2.75, 3.05) is 19.7 Å². The molecular formula is C22H29Cl2NO2. The van der Waals surface area contributed by atoms with Crippen LogP contribution in [0.5, 0.6) is 0 Å². The van der Waals surface area contributed by atoms with Gasteiger partial charge in [0.2, 0.25) is 0 Å². The molecule has 0 radical (unpaired) electrons. The van der Waals surface area contributed by atoms with Gasteiger partial charge in [0.25, 0.3) is 5.91 Å². The van der Waals surface area contributed by atoms with Gasteiger partial charge in [0, 0.05) is 25.3 Å². The monoisotopic (exact) mass is 409 g/mol. The maximum absolute atomic E-state index is 12.7. The zero-order valence-electron chi connectivity index (χ0n) is 16.1. The van der Waals surface area contributed by atoms with Crippen LogP contribution in [-0.4, -0.2) is 35.6 Å². The molecule has 3 nitrogen and oxygen atoms in total. The lowest BCUT2D eigenvalue weighted by atomic mass is 10.1. The minimum absolute atomic E-state index is 0.0349. The number of unbranched alkanes of at least 4 members (excludes halogenated alkanes) is 1. The molecule has 0 bridgehead atoms. The van der Waals surface area contributed by atoms with Crippen LogP contribution in [0.1, 0.15) is 49.0 Å². The predicted octanol–water partition coefficient (Wildman–Crippen LogP) is 5.87. The molecule has 0 atom stereocenters. The minimum atomic E-state index is 0.0349. The van der Waals surface area contributed by atoms with E-state index >= 15 is 0 Å². The van der Waals surface area contributed by atoms with E-state index in [1.165, 1.54) is 0 Å². The highest BCUT2D eigenvalue weighted by atomic mass is 35.5. The Bertz CT molecular complexity index is 677. The van der Waals surface area contributed by atoms with Gasteiger partial charge >= 0.3 is 0 Å². The topological polar surface area (TPSA) is 40.5 Å². The predicted molar refractivity (Wildman–Crippen MR) is 115 cm³/mol. The molecule has 0 aliphatic carbocycles. The number of rotatable bonds is 9. The first kappa shape index (κ1) is 23.5. The Morgan fingerprint density at radius 3 is 2.22 bits per heavy atom. The van der Waals surface area contributed by atoms with Crippen LogP contribution >= 0.6 is 23.2 Å². The molecule has 0 unspecified atom stereocenters.